The molecule has 0 amide bonds. The molecule has 0 nitrogen and oxygen atoms in total. The van der Waals surface area contributed by atoms with Crippen molar-refractivity contribution in [1.29, 1.82) is 0 Å². The maximum absolute atomic E-state index is 5.31. The quantitative estimate of drug-likeness (QED) is 0.176. The predicted molar refractivity (Wildman–Crippen MR) is 203 cm³/mol. The van der Waals surface area contributed by atoms with Gasteiger partial charge in [0.05, 0.1) is 15.8 Å². The Kier molecular flexibility index (Phi) is 12.9. The van der Waals surface area contributed by atoms with Gasteiger partial charge in [0, 0.05) is 20.4 Å². The number of terminal acetylenes is 4. The number of rotatable bonds is 4. The normalized spacial score (nSPS) is 8.30. The molecular weight excluding hydrogens is 622 g/mol. The summed E-state index contributed by atoms with van der Waals surface area (Å²) in [4.78, 5) is 1.97. The molecule has 0 saturated heterocycles. The molecule has 0 bridgehead atoms. The Balaban J connectivity index is 2.06. The summed E-state index contributed by atoms with van der Waals surface area (Å²) in [6.45, 7) is 0. The average molecular weight is 639 g/mol. The summed E-state index contributed by atoms with van der Waals surface area (Å²) in [7, 11) is -2.77. The molecule has 4 rings (SSSR count). The molecule has 0 fully saturated rings. The minimum atomic E-state index is -1.38. The minimum absolute atomic E-state index is 0.939. The van der Waals surface area contributed by atoms with Crippen LogP contribution in [0, 0.1) is 143 Å². The van der Waals surface area contributed by atoms with E-state index in [1.54, 1.807) is 11.8 Å². The Morgan fingerprint density at radius 1 is 0.383 bits per heavy atom. The molecule has 0 aliphatic rings. The van der Waals surface area contributed by atoms with E-state index in [0.717, 1.165) is 41.9 Å². The molecule has 0 saturated carbocycles. The van der Waals surface area contributed by atoms with Crippen LogP contribution in [-0.4, -0.2) is 0 Å². The van der Waals surface area contributed by atoms with Crippen LogP contribution in [0.2, 0.25) is 0 Å². The lowest BCUT2D eigenvalue weighted by atomic mass is 10.1. The fourth-order valence-corrected chi connectivity index (χ4v) is 8.35. The highest BCUT2D eigenvalue weighted by Gasteiger charge is 2.21. The fourth-order valence-electron chi connectivity index (χ4n) is 4.03. The standard InChI is InChI=1S/C44H16P2S/c1-5-9-13-21-33-45(34-22-14-10-6-2)41-31-29-37-25-17-19-27-39(37)43(41)47-44-40-28-20-18-26-38(40)30-32-42(44)46(35-23-15-11-7-3)36-24-16-12-8-4/h1-4,17-20,25-32H. The van der Waals surface area contributed by atoms with Gasteiger partial charge >= 0.3 is 0 Å². The van der Waals surface area contributed by atoms with Gasteiger partial charge in [0.2, 0.25) is 0 Å². The van der Waals surface area contributed by atoms with Crippen LogP contribution in [0.5, 0.6) is 0 Å². The Hall–Kier alpha value is -6.67. The first-order valence-corrected chi connectivity index (χ1v) is 16.9. The van der Waals surface area contributed by atoms with Gasteiger partial charge in [-0.3, -0.25) is 0 Å². The number of fused-ring (bicyclic) bond motifs is 2. The summed E-state index contributed by atoms with van der Waals surface area (Å²) in [5.74, 6) is 41.7. The zero-order valence-electron chi connectivity index (χ0n) is 24.5. The van der Waals surface area contributed by atoms with Gasteiger partial charge in [0.15, 0.2) is 0 Å². The molecular formula is C44H16P2S. The van der Waals surface area contributed by atoms with Gasteiger partial charge in [0.25, 0.3) is 0 Å². The van der Waals surface area contributed by atoms with Crippen LogP contribution in [0.25, 0.3) is 21.5 Å². The topological polar surface area (TPSA) is 0 Å². The van der Waals surface area contributed by atoms with Crippen molar-refractivity contribution >= 4 is 59.8 Å². The van der Waals surface area contributed by atoms with E-state index in [1.165, 1.54) is 0 Å². The zero-order chi connectivity index (χ0) is 33.1. The first-order valence-electron chi connectivity index (χ1n) is 13.4. The summed E-state index contributed by atoms with van der Waals surface area (Å²) in [5.41, 5.74) is 12.9. The molecule has 4 aromatic rings. The third kappa shape index (κ3) is 9.17. The van der Waals surface area contributed by atoms with Crippen molar-refractivity contribution in [2.75, 3.05) is 0 Å². The lowest BCUT2D eigenvalue weighted by Gasteiger charge is -2.18. The summed E-state index contributed by atoms with van der Waals surface area (Å²) in [5, 5.41) is 6.08. The smallest absolute Gasteiger partial charge is 0.0844 e. The van der Waals surface area contributed by atoms with Gasteiger partial charge in [-0.25, -0.2) is 0 Å². The van der Waals surface area contributed by atoms with Gasteiger partial charge in [-0.2, -0.15) is 0 Å². The summed E-state index contributed by atoms with van der Waals surface area (Å²) >= 11 is 1.62. The largest absolute Gasteiger partial charge is 0.106 e. The monoisotopic (exact) mass is 638 g/mol. The van der Waals surface area contributed by atoms with Crippen LogP contribution >= 0.6 is 27.6 Å². The van der Waals surface area contributed by atoms with Crippen molar-refractivity contribution in [3.8, 4) is 143 Å². The van der Waals surface area contributed by atoms with Crippen LogP contribution in [0.3, 0.4) is 0 Å². The van der Waals surface area contributed by atoms with Crippen molar-refractivity contribution in [2.45, 2.75) is 9.79 Å². The van der Waals surface area contributed by atoms with Crippen LogP contribution in [0.1, 0.15) is 0 Å². The van der Waals surface area contributed by atoms with Gasteiger partial charge in [-0.05, 0) is 139 Å². The van der Waals surface area contributed by atoms with Gasteiger partial charge in [-0.1, -0.05) is 84.6 Å². The minimum Gasteiger partial charge on any atom is -0.106 e. The Morgan fingerprint density at radius 2 is 0.723 bits per heavy atom. The molecule has 0 radical (unpaired) electrons. The molecule has 0 heterocycles. The number of hydrogen-bond donors (Lipinski definition) is 0. The zero-order valence-corrected chi connectivity index (χ0v) is 27.1. The van der Waals surface area contributed by atoms with Crippen LogP contribution < -0.4 is 10.6 Å². The van der Waals surface area contributed by atoms with E-state index in [2.05, 4.69) is 166 Å². The van der Waals surface area contributed by atoms with Crippen LogP contribution in [-0.2, 0) is 0 Å². The number of benzene rings is 4. The fraction of sp³-hybridized carbons (Fsp3) is 0. The highest BCUT2D eigenvalue weighted by molar-refractivity contribution is 8.01. The molecule has 0 aromatic heterocycles. The highest BCUT2D eigenvalue weighted by atomic mass is 32.2. The molecule has 0 atom stereocenters. The third-order valence-electron chi connectivity index (χ3n) is 5.86. The van der Waals surface area contributed by atoms with Gasteiger partial charge in [-0.15, -0.1) is 25.7 Å². The summed E-state index contributed by atoms with van der Waals surface area (Å²) in [6.07, 6.45) is 21.3. The van der Waals surface area contributed by atoms with Gasteiger partial charge in [0.1, 0.15) is 0 Å². The van der Waals surface area contributed by atoms with E-state index in [-0.39, 0.29) is 0 Å². The van der Waals surface area contributed by atoms with E-state index in [0.29, 0.717) is 0 Å². The van der Waals surface area contributed by atoms with Gasteiger partial charge < -0.3 is 0 Å². The first-order chi connectivity index (χ1) is 23.2. The van der Waals surface area contributed by atoms with Crippen molar-refractivity contribution in [3.63, 3.8) is 0 Å². The SMILES string of the molecule is C#CC#CC#CP(C#CC#CC#C)c1ccc2ccccc2c1Sc1c(P(C#CC#CC#C)C#CC#CC#C)ccc2ccccc12. The Bertz CT molecular complexity index is 2320. The van der Waals surface area contributed by atoms with Crippen molar-refractivity contribution in [1.82, 2.24) is 0 Å². The molecule has 0 aliphatic carbocycles. The van der Waals surface area contributed by atoms with E-state index < -0.39 is 15.8 Å². The van der Waals surface area contributed by atoms with Crippen molar-refractivity contribution in [3.05, 3.63) is 72.8 Å². The molecule has 0 N–H and O–H groups in total. The molecule has 0 spiro atoms. The van der Waals surface area contributed by atoms with E-state index in [1.807, 2.05) is 24.3 Å². The molecule has 208 valence electrons. The maximum Gasteiger partial charge on any atom is 0.0844 e. The van der Waals surface area contributed by atoms with E-state index in [4.69, 9.17) is 25.7 Å². The second kappa shape index (κ2) is 18.2. The lowest BCUT2D eigenvalue weighted by Crippen LogP contribution is -2.08. The molecule has 47 heavy (non-hydrogen) atoms. The average Bonchev–Trinajstić information content (AvgIpc) is 3.11. The second-order valence-electron chi connectivity index (χ2n) is 8.57. The Morgan fingerprint density at radius 3 is 1.06 bits per heavy atom. The van der Waals surface area contributed by atoms with E-state index >= 15 is 0 Å². The maximum atomic E-state index is 5.31. The van der Waals surface area contributed by atoms with Crippen molar-refractivity contribution < 1.29 is 0 Å². The lowest BCUT2D eigenvalue weighted by molar-refractivity contribution is 1.56. The Labute approximate surface area is 284 Å². The first kappa shape index (κ1) is 33.2. The molecule has 3 heteroatoms. The van der Waals surface area contributed by atoms with Crippen molar-refractivity contribution in [2.24, 2.45) is 0 Å². The molecule has 4 aromatic carbocycles. The van der Waals surface area contributed by atoms with Crippen LogP contribution in [0.4, 0.5) is 0 Å². The van der Waals surface area contributed by atoms with E-state index in [9.17, 15) is 0 Å². The predicted octanol–water partition coefficient (Wildman–Crippen LogP) is 6.75. The number of hydrogen-bond acceptors (Lipinski definition) is 1. The summed E-state index contributed by atoms with van der Waals surface area (Å²) in [6, 6.07) is 24.6. The van der Waals surface area contributed by atoms with Crippen LogP contribution in [0.15, 0.2) is 82.6 Å². The second-order valence-corrected chi connectivity index (χ2v) is 12.8. The molecule has 0 aliphatic heterocycles. The molecule has 0 unspecified atom stereocenters. The highest BCUT2D eigenvalue weighted by Crippen LogP contribution is 2.46. The third-order valence-corrected chi connectivity index (χ3v) is 10.5. The summed E-state index contributed by atoms with van der Waals surface area (Å²) < 4.78 is 0.